The van der Waals surface area contributed by atoms with Gasteiger partial charge in [-0.15, -0.1) is 0 Å². The van der Waals surface area contributed by atoms with Gasteiger partial charge in [0.25, 0.3) is 0 Å². The molecule has 10 heteroatoms. The summed E-state index contributed by atoms with van der Waals surface area (Å²) in [7, 11) is 1.50. The van der Waals surface area contributed by atoms with Crippen LogP contribution in [0.5, 0.6) is 0 Å². The first-order valence-electron chi connectivity index (χ1n) is 15.8. The maximum atomic E-state index is 15.2. The van der Waals surface area contributed by atoms with E-state index in [0.29, 0.717) is 36.7 Å². The summed E-state index contributed by atoms with van der Waals surface area (Å²) < 4.78 is 15.2. The van der Waals surface area contributed by atoms with E-state index in [-0.39, 0.29) is 31.1 Å². The predicted octanol–water partition coefficient (Wildman–Crippen LogP) is 3.60. The van der Waals surface area contributed by atoms with Gasteiger partial charge in [0.2, 0.25) is 12.3 Å². The van der Waals surface area contributed by atoms with Crippen LogP contribution in [0.3, 0.4) is 0 Å². The summed E-state index contributed by atoms with van der Waals surface area (Å²) in [6.07, 6.45) is 5.76. The average molecular weight is 608 g/mol. The Balaban J connectivity index is 1.33. The molecule has 0 aromatic heterocycles. The monoisotopic (exact) mass is 607 g/mol. The third-order valence-electron chi connectivity index (χ3n) is 9.24. The van der Waals surface area contributed by atoms with E-state index in [1.807, 2.05) is 6.07 Å². The van der Waals surface area contributed by atoms with Crippen LogP contribution in [0, 0.1) is 18.7 Å². The number of halogens is 1. The second-order valence-electron chi connectivity index (χ2n) is 12.0. The lowest BCUT2D eigenvalue weighted by molar-refractivity contribution is -0.133. The number of piperazine rings is 1. The van der Waals surface area contributed by atoms with Crippen molar-refractivity contribution < 1.29 is 23.6 Å². The molecule has 2 aliphatic rings. The summed E-state index contributed by atoms with van der Waals surface area (Å²) in [4.78, 5) is 55.0. The van der Waals surface area contributed by atoms with Crippen LogP contribution < -0.4 is 15.1 Å². The van der Waals surface area contributed by atoms with Crippen LogP contribution >= 0.6 is 0 Å². The number of rotatable bonds is 14. The van der Waals surface area contributed by atoms with Gasteiger partial charge < -0.3 is 24.8 Å². The van der Waals surface area contributed by atoms with Gasteiger partial charge >= 0.3 is 0 Å². The van der Waals surface area contributed by atoms with E-state index in [9.17, 15) is 19.2 Å². The van der Waals surface area contributed by atoms with Gasteiger partial charge in [0, 0.05) is 77.1 Å². The number of amides is 2. The van der Waals surface area contributed by atoms with E-state index in [1.165, 1.54) is 23.7 Å². The Morgan fingerprint density at radius 3 is 2.36 bits per heavy atom. The molecular formula is C34H46FN5O4. The number of nitrogens with one attached hydrogen (secondary N) is 1. The number of likely N-dealkylation sites (N-methyl/N-ethyl adjacent to an activating group) is 1. The Morgan fingerprint density at radius 2 is 1.75 bits per heavy atom. The van der Waals surface area contributed by atoms with Crippen LogP contribution in [0.15, 0.2) is 30.3 Å². The zero-order chi connectivity index (χ0) is 31.6. The van der Waals surface area contributed by atoms with E-state index in [2.05, 4.69) is 39.1 Å². The minimum Gasteiger partial charge on any atom is -0.372 e. The fourth-order valence-electron chi connectivity index (χ4n) is 6.50. The maximum Gasteiger partial charge on any atom is 0.242 e. The molecule has 9 nitrogen and oxygen atoms in total. The Hall–Kier alpha value is -3.79. The van der Waals surface area contributed by atoms with Gasteiger partial charge in [-0.25, -0.2) is 4.39 Å². The molecule has 1 unspecified atom stereocenters. The minimum atomic E-state index is -0.775. The highest BCUT2D eigenvalue weighted by molar-refractivity contribution is 5.83. The Labute approximate surface area is 260 Å². The lowest BCUT2D eigenvalue weighted by Gasteiger charge is -2.40. The third-order valence-corrected chi connectivity index (χ3v) is 9.24. The van der Waals surface area contributed by atoms with Gasteiger partial charge in [-0.2, -0.15) is 0 Å². The summed E-state index contributed by atoms with van der Waals surface area (Å²) in [5.41, 5.74) is 5.06. The fourth-order valence-corrected chi connectivity index (χ4v) is 6.50. The summed E-state index contributed by atoms with van der Waals surface area (Å²) in [5, 5.41) is 2.57. The molecule has 4 rings (SSSR count). The second kappa shape index (κ2) is 15.8. The number of aryl methyl sites for hydroxylation is 2. The van der Waals surface area contributed by atoms with E-state index >= 15 is 4.39 Å². The quantitative estimate of drug-likeness (QED) is 0.328. The number of hydrogen-bond acceptors (Lipinski definition) is 7. The van der Waals surface area contributed by atoms with Crippen LogP contribution in [0.4, 0.5) is 15.8 Å². The number of carbonyl (C=O) groups is 4. The first-order chi connectivity index (χ1) is 21.3. The maximum absolute atomic E-state index is 15.2. The van der Waals surface area contributed by atoms with Crippen molar-refractivity contribution in [2.75, 3.05) is 62.7 Å². The lowest BCUT2D eigenvalue weighted by atomic mass is 9.95. The fraction of sp³-hybridized carbons (Fsp3) is 0.529. The van der Waals surface area contributed by atoms with Crippen molar-refractivity contribution in [3.63, 3.8) is 0 Å². The number of benzene rings is 2. The predicted molar refractivity (Wildman–Crippen MR) is 171 cm³/mol. The minimum absolute atomic E-state index is 0.152. The van der Waals surface area contributed by atoms with Crippen molar-refractivity contribution in [2.24, 2.45) is 5.92 Å². The van der Waals surface area contributed by atoms with Crippen molar-refractivity contribution in [3.8, 4) is 0 Å². The van der Waals surface area contributed by atoms with Gasteiger partial charge in [-0.05, 0) is 85.5 Å². The first-order valence-corrected chi connectivity index (χ1v) is 15.8. The summed E-state index contributed by atoms with van der Waals surface area (Å²) in [6.45, 7) is 10.2. The largest absolute Gasteiger partial charge is 0.372 e. The molecule has 0 bridgehead atoms. The number of hydrogen-bond donors (Lipinski definition) is 1. The summed E-state index contributed by atoms with van der Waals surface area (Å²) >= 11 is 0. The number of piperidine rings is 1. The molecule has 2 heterocycles. The molecule has 2 aromatic carbocycles. The standard InChI is InChI=1S/C34H46FN5O4/c1-4-27-19-30(8-7-28(27)23-42)38-11-9-26(10-12-38)21-37-13-15-39(16-14-37)33-20-29(25(2)18-31(33)35)22-40(24-43)32(6-5-17-41)34(44)36-3/h7-8,17-20,23-24,26,32H,4-6,9-16,21-22H2,1-3H3,(H,36,44). The smallest absolute Gasteiger partial charge is 0.242 e. The molecule has 1 N–H and O–H groups in total. The van der Waals surface area contributed by atoms with Crippen molar-refractivity contribution in [3.05, 3.63) is 58.4 Å². The molecular weight excluding hydrogens is 561 g/mol. The highest BCUT2D eigenvalue weighted by Crippen LogP contribution is 2.29. The van der Waals surface area contributed by atoms with E-state index in [4.69, 9.17) is 0 Å². The van der Waals surface area contributed by atoms with Crippen molar-refractivity contribution in [1.29, 1.82) is 0 Å². The van der Waals surface area contributed by atoms with Gasteiger partial charge in [-0.1, -0.05) is 6.92 Å². The van der Waals surface area contributed by atoms with E-state index in [0.717, 1.165) is 81.2 Å². The first kappa shape index (κ1) is 33.1. The molecule has 2 amide bonds. The average Bonchev–Trinajstić information content (AvgIpc) is 3.05. The van der Waals surface area contributed by atoms with Crippen LogP contribution in [0.2, 0.25) is 0 Å². The number of nitrogens with zero attached hydrogens (tertiary/aromatic N) is 4. The van der Waals surface area contributed by atoms with Gasteiger partial charge in [0.1, 0.15) is 24.4 Å². The molecule has 0 saturated carbocycles. The Kier molecular flexibility index (Phi) is 11.9. The molecule has 2 aromatic rings. The molecule has 44 heavy (non-hydrogen) atoms. The highest BCUT2D eigenvalue weighted by atomic mass is 19.1. The van der Waals surface area contributed by atoms with E-state index < -0.39 is 6.04 Å². The Morgan fingerprint density at radius 1 is 1.02 bits per heavy atom. The number of anilines is 2. The zero-order valence-electron chi connectivity index (χ0n) is 26.3. The van der Waals surface area contributed by atoms with E-state index in [1.54, 1.807) is 13.0 Å². The molecule has 0 aliphatic carbocycles. The third kappa shape index (κ3) is 8.02. The van der Waals surface area contributed by atoms with Gasteiger partial charge in [0.05, 0.1) is 5.69 Å². The molecule has 2 aliphatic heterocycles. The molecule has 2 fully saturated rings. The Bertz CT molecular complexity index is 1300. The molecule has 0 spiro atoms. The lowest BCUT2D eigenvalue weighted by Crippen LogP contribution is -2.49. The number of aldehydes is 2. The summed E-state index contributed by atoms with van der Waals surface area (Å²) in [5.74, 6) is -0.0113. The van der Waals surface area contributed by atoms with Crippen LogP contribution in [0.25, 0.3) is 0 Å². The molecule has 0 radical (unpaired) electrons. The van der Waals surface area contributed by atoms with Crippen LogP contribution in [-0.4, -0.2) is 93.6 Å². The normalized spacial score (nSPS) is 16.8. The number of carbonyl (C=O) groups excluding carboxylic acids is 4. The highest BCUT2D eigenvalue weighted by Gasteiger charge is 2.27. The zero-order valence-corrected chi connectivity index (χ0v) is 26.3. The molecule has 1 atom stereocenters. The van der Waals surface area contributed by atoms with Crippen molar-refractivity contribution >= 4 is 36.3 Å². The van der Waals surface area contributed by atoms with Gasteiger partial charge in [-0.3, -0.25) is 19.3 Å². The molecule has 2 saturated heterocycles. The topological polar surface area (TPSA) is 93.3 Å². The summed E-state index contributed by atoms with van der Waals surface area (Å²) in [6, 6.07) is 8.68. The molecule has 238 valence electrons. The van der Waals surface area contributed by atoms with Crippen molar-refractivity contribution in [2.45, 2.75) is 58.5 Å². The van der Waals surface area contributed by atoms with Crippen LogP contribution in [0.1, 0.15) is 59.7 Å². The van der Waals surface area contributed by atoms with Crippen molar-refractivity contribution in [1.82, 2.24) is 15.1 Å². The SMILES string of the molecule is CCc1cc(N2CCC(CN3CCN(c4cc(CN(C=O)C(CCC=O)C(=O)NC)c(C)cc4F)CC3)CC2)ccc1C=O. The van der Waals surface area contributed by atoms with Gasteiger partial charge in [0.15, 0.2) is 0 Å². The van der Waals surface area contributed by atoms with Crippen LogP contribution in [-0.2, 0) is 27.3 Å². The second-order valence-corrected chi connectivity index (χ2v) is 12.0.